The van der Waals surface area contributed by atoms with Crippen molar-refractivity contribution in [3.63, 3.8) is 0 Å². The van der Waals surface area contributed by atoms with Gasteiger partial charge in [-0.2, -0.15) is 0 Å². The molecule has 1 N–H and O–H groups in total. The molecule has 0 radical (unpaired) electrons. The Morgan fingerprint density at radius 1 is 1.15 bits per heavy atom. The summed E-state index contributed by atoms with van der Waals surface area (Å²) < 4.78 is 7.37. The lowest BCUT2D eigenvalue weighted by Gasteiger charge is -2.31. The van der Waals surface area contributed by atoms with E-state index in [0.717, 1.165) is 35.1 Å². The van der Waals surface area contributed by atoms with Gasteiger partial charge in [0.25, 0.3) is 11.8 Å². The van der Waals surface area contributed by atoms with Gasteiger partial charge in [-0.1, -0.05) is 19.3 Å². The molecule has 0 spiro atoms. The van der Waals surface area contributed by atoms with Crippen molar-refractivity contribution in [2.24, 2.45) is 7.05 Å². The molecule has 174 valence electrons. The molecule has 2 amide bonds. The van der Waals surface area contributed by atoms with Gasteiger partial charge < -0.3 is 15.0 Å². The molecule has 0 aliphatic heterocycles. The number of ether oxygens (including phenoxy) is 1. The maximum Gasteiger partial charge on any atom is 0.262 e. The number of hydrogen-bond acceptors (Lipinski definition) is 5. The summed E-state index contributed by atoms with van der Waals surface area (Å²) in [4.78, 5) is 31.6. The monoisotopic (exact) mass is 449 g/mol. The number of rotatable bonds is 6. The minimum Gasteiger partial charge on any atom is -0.466 e. The number of hydrogen-bond donors (Lipinski definition) is 1. The van der Waals surface area contributed by atoms with Gasteiger partial charge in [0.1, 0.15) is 0 Å². The Morgan fingerprint density at radius 2 is 1.85 bits per heavy atom. The molecule has 1 aliphatic carbocycles. The zero-order chi connectivity index (χ0) is 23.5. The van der Waals surface area contributed by atoms with Crippen LogP contribution in [-0.4, -0.2) is 51.2 Å². The van der Waals surface area contributed by atoms with Gasteiger partial charge in [-0.05, 0) is 62.6 Å². The van der Waals surface area contributed by atoms with Crippen LogP contribution in [0.3, 0.4) is 0 Å². The number of carbonyl (C=O) groups is 2. The van der Waals surface area contributed by atoms with Crippen LogP contribution in [0.15, 0.2) is 30.3 Å². The molecule has 1 saturated carbocycles. The molecule has 0 bridgehead atoms. The third-order valence-electron chi connectivity index (χ3n) is 6.29. The fraction of sp³-hybridized carbons (Fsp3) is 0.440. The van der Waals surface area contributed by atoms with Crippen LogP contribution < -0.4 is 10.1 Å². The highest BCUT2D eigenvalue weighted by molar-refractivity contribution is 5.96. The maximum atomic E-state index is 12.8. The Hall–Kier alpha value is -3.42. The van der Waals surface area contributed by atoms with E-state index in [2.05, 4.69) is 15.4 Å². The van der Waals surface area contributed by atoms with Crippen molar-refractivity contribution in [3.05, 3.63) is 47.2 Å². The number of aromatic nitrogens is 3. The fourth-order valence-electron chi connectivity index (χ4n) is 4.52. The molecule has 3 aromatic rings. The van der Waals surface area contributed by atoms with Crippen LogP contribution in [0.5, 0.6) is 5.88 Å². The highest BCUT2D eigenvalue weighted by atomic mass is 16.5. The summed E-state index contributed by atoms with van der Waals surface area (Å²) in [7, 11) is 3.68. The Labute approximate surface area is 193 Å². The quantitative estimate of drug-likeness (QED) is 0.614. The van der Waals surface area contributed by atoms with Gasteiger partial charge in [-0.15, -0.1) is 5.10 Å². The predicted molar refractivity (Wildman–Crippen MR) is 128 cm³/mol. The number of aryl methyl sites for hydroxylation is 3. The number of pyridine rings is 1. The van der Waals surface area contributed by atoms with Gasteiger partial charge in [-0.3, -0.25) is 9.59 Å². The van der Waals surface area contributed by atoms with Gasteiger partial charge in [0, 0.05) is 37.1 Å². The number of fused-ring (bicyclic) bond motifs is 1. The average Bonchev–Trinajstić information content (AvgIpc) is 3.13. The third-order valence-corrected chi connectivity index (χ3v) is 6.29. The molecule has 1 aliphatic rings. The first-order valence-electron chi connectivity index (χ1n) is 11.4. The molecule has 33 heavy (non-hydrogen) atoms. The topological polar surface area (TPSA) is 89.4 Å². The summed E-state index contributed by atoms with van der Waals surface area (Å²) in [5, 5.41) is 7.98. The van der Waals surface area contributed by atoms with E-state index in [1.807, 2.05) is 31.9 Å². The van der Waals surface area contributed by atoms with Crippen LogP contribution in [0, 0.1) is 13.8 Å². The standard InChI is InChI=1S/C25H31N5O3/c1-16-14-17(2)26-23-22(16)24(28-30(23)4)33-15-21(31)27-19-12-10-18(11-13-19)25(32)29(3)20-8-6-5-7-9-20/h10-14,20H,5-9,15H2,1-4H3,(H,27,31). The smallest absolute Gasteiger partial charge is 0.262 e. The van der Waals surface area contributed by atoms with Crippen LogP contribution in [0.25, 0.3) is 11.0 Å². The number of amides is 2. The molecule has 1 fully saturated rings. The first-order chi connectivity index (χ1) is 15.8. The Morgan fingerprint density at radius 3 is 2.55 bits per heavy atom. The predicted octanol–water partition coefficient (Wildman–Crippen LogP) is 4.01. The highest BCUT2D eigenvalue weighted by Crippen LogP contribution is 2.27. The molecule has 8 nitrogen and oxygen atoms in total. The summed E-state index contributed by atoms with van der Waals surface area (Å²) in [6.45, 7) is 3.73. The molecule has 4 rings (SSSR count). The third kappa shape index (κ3) is 4.99. The van der Waals surface area contributed by atoms with E-state index in [4.69, 9.17) is 4.74 Å². The molecular weight excluding hydrogens is 418 g/mol. The van der Waals surface area contributed by atoms with Gasteiger partial charge in [0.2, 0.25) is 5.88 Å². The molecular formula is C25H31N5O3. The van der Waals surface area contributed by atoms with E-state index >= 15 is 0 Å². The first-order valence-corrected chi connectivity index (χ1v) is 11.4. The van der Waals surface area contributed by atoms with E-state index in [9.17, 15) is 9.59 Å². The Bertz CT molecular complexity index is 1160. The van der Waals surface area contributed by atoms with E-state index in [-0.39, 0.29) is 18.4 Å². The van der Waals surface area contributed by atoms with Crippen molar-refractivity contribution < 1.29 is 14.3 Å². The van der Waals surface area contributed by atoms with Crippen LogP contribution in [0.2, 0.25) is 0 Å². The van der Waals surface area contributed by atoms with Crippen LogP contribution >= 0.6 is 0 Å². The largest absolute Gasteiger partial charge is 0.466 e. The van der Waals surface area contributed by atoms with E-state index in [0.29, 0.717) is 23.2 Å². The van der Waals surface area contributed by atoms with Crippen LogP contribution in [-0.2, 0) is 11.8 Å². The van der Waals surface area contributed by atoms with Gasteiger partial charge >= 0.3 is 0 Å². The second-order valence-electron chi connectivity index (χ2n) is 8.83. The van der Waals surface area contributed by atoms with Crippen molar-refractivity contribution in [3.8, 4) is 5.88 Å². The van der Waals surface area contributed by atoms with Crippen LogP contribution in [0.1, 0.15) is 53.7 Å². The lowest BCUT2D eigenvalue weighted by atomic mass is 9.94. The molecule has 8 heteroatoms. The van der Waals surface area contributed by atoms with Crippen molar-refractivity contribution in [2.75, 3.05) is 19.0 Å². The Balaban J connectivity index is 1.36. The molecule has 1 aromatic carbocycles. The van der Waals surface area contributed by atoms with Crippen molar-refractivity contribution in [2.45, 2.75) is 52.0 Å². The summed E-state index contributed by atoms with van der Waals surface area (Å²) in [5.41, 5.74) is 3.86. The summed E-state index contributed by atoms with van der Waals surface area (Å²) in [6, 6.07) is 9.27. The Kier molecular flexibility index (Phi) is 6.62. The van der Waals surface area contributed by atoms with Gasteiger partial charge in [-0.25, -0.2) is 9.67 Å². The lowest BCUT2D eigenvalue weighted by molar-refractivity contribution is -0.118. The number of nitrogens with one attached hydrogen (secondary N) is 1. The SMILES string of the molecule is Cc1cc(C)c2c(OCC(=O)Nc3ccc(C(=O)N(C)C4CCCCC4)cc3)nn(C)c2n1. The number of nitrogens with zero attached hydrogens (tertiary/aromatic N) is 4. The normalized spacial score (nSPS) is 14.3. The highest BCUT2D eigenvalue weighted by Gasteiger charge is 2.23. The zero-order valence-electron chi connectivity index (χ0n) is 19.7. The summed E-state index contributed by atoms with van der Waals surface area (Å²) >= 11 is 0. The second-order valence-corrected chi connectivity index (χ2v) is 8.83. The van der Waals surface area contributed by atoms with Crippen molar-refractivity contribution >= 4 is 28.5 Å². The second kappa shape index (κ2) is 9.60. The molecule has 0 unspecified atom stereocenters. The summed E-state index contributed by atoms with van der Waals surface area (Å²) in [6.07, 6.45) is 5.75. The lowest BCUT2D eigenvalue weighted by Crippen LogP contribution is -2.38. The minimum atomic E-state index is -0.301. The summed E-state index contributed by atoms with van der Waals surface area (Å²) in [5.74, 6) is 0.105. The number of benzene rings is 1. The molecule has 2 aromatic heterocycles. The van der Waals surface area contributed by atoms with E-state index < -0.39 is 0 Å². The number of carbonyl (C=O) groups excluding carboxylic acids is 2. The van der Waals surface area contributed by atoms with Gasteiger partial charge in [0.05, 0.1) is 5.39 Å². The maximum absolute atomic E-state index is 12.8. The average molecular weight is 450 g/mol. The number of anilines is 1. The fourth-order valence-corrected chi connectivity index (χ4v) is 4.52. The minimum absolute atomic E-state index is 0.0179. The van der Waals surface area contributed by atoms with E-state index in [1.54, 1.807) is 36.0 Å². The first kappa shape index (κ1) is 22.8. The van der Waals surface area contributed by atoms with Crippen molar-refractivity contribution in [1.29, 1.82) is 0 Å². The zero-order valence-corrected chi connectivity index (χ0v) is 19.7. The van der Waals surface area contributed by atoms with Crippen molar-refractivity contribution in [1.82, 2.24) is 19.7 Å². The molecule has 0 atom stereocenters. The van der Waals surface area contributed by atoms with Gasteiger partial charge in [0.15, 0.2) is 12.3 Å². The molecule has 0 saturated heterocycles. The van der Waals surface area contributed by atoms with E-state index in [1.165, 1.54) is 19.3 Å². The van der Waals surface area contributed by atoms with Crippen LogP contribution in [0.4, 0.5) is 5.69 Å². The molecule has 2 heterocycles.